The van der Waals surface area contributed by atoms with Crippen LogP contribution in [0.5, 0.6) is 0 Å². The van der Waals surface area contributed by atoms with Gasteiger partial charge in [-0.3, -0.25) is 9.78 Å². The molecule has 0 bridgehead atoms. The number of nitrogens with zero attached hydrogens (tertiary/aromatic N) is 1. The Hall–Kier alpha value is -1.32. The molecule has 1 heterocycles. The van der Waals surface area contributed by atoms with Gasteiger partial charge in [0.25, 0.3) is 0 Å². The smallest absolute Gasteiger partial charge is 0.310 e. The average Bonchev–Trinajstić information content (AvgIpc) is 2.09. The fourth-order valence-corrected chi connectivity index (χ4v) is 0.919. The van der Waals surface area contributed by atoms with Crippen LogP contribution < -0.4 is 5.59 Å². The number of hydrogen-bond donors (Lipinski definition) is 0. The van der Waals surface area contributed by atoms with E-state index < -0.39 is 0 Å². The maximum Gasteiger partial charge on any atom is 0.310 e. The third-order valence-corrected chi connectivity index (χ3v) is 1.50. The Balaban J connectivity index is 2.54. The maximum absolute atomic E-state index is 11.0. The highest BCUT2D eigenvalue weighted by atomic mass is 16.5. The van der Waals surface area contributed by atoms with Gasteiger partial charge >= 0.3 is 5.97 Å². The second kappa shape index (κ2) is 4.65. The van der Waals surface area contributed by atoms with Gasteiger partial charge in [0.15, 0.2) is 0 Å². The molecule has 0 aliphatic heterocycles. The first-order valence-electron chi connectivity index (χ1n) is 4.08. The number of rotatable bonds is 3. The Labute approximate surface area is 78.5 Å². The molecule has 0 unspecified atom stereocenters. The van der Waals surface area contributed by atoms with Crippen molar-refractivity contribution in [3.63, 3.8) is 0 Å². The molecule has 0 N–H and O–H groups in total. The summed E-state index contributed by atoms with van der Waals surface area (Å²) in [5, 5.41) is 0. The zero-order valence-electron chi connectivity index (χ0n) is 7.49. The van der Waals surface area contributed by atoms with E-state index in [1.165, 1.54) is 0 Å². The standard InChI is InChI=1S/C9H10BNO2/c1-2-13-9(12)5-7-3-4-8(10)11-6-7/h3-4,6H,2,5H2,1H3. The molecular formula is C9H10BNO2. The van der Waals surface area contributed by atoms with Crippen LogP contribution in [0, 0.1) is 0 Å². The van der Waals surface area contributed by atoms with E-state index in [0.717, 1.165) is 5.56 Å². The Bertz CT molecular complexity index is 284. The number of hydrogen-bond acceptors (Lipinski definition) is 3. The average molecular weight is 175 g/mol. The summed E-state index contributed by atoms with van der Waals surface area (Å²) in [6.07, 6.45) is 1.83. The van der Waals surface area contributed by atoms with Crippen molar-refractivity contribution < 1.29 is 9.53 Å². The van der Waals surface area contributed by atoms with Crippen molar-refractivity contribution >= 4 is 19.4 Å². The number of ether oxygens (including phenoxy) is 1. The highest BCUT2D eigenvalue weighted by Crippen LogP contribution is 1.97. The summed E-state index contributed by atoms with van der Waals surface area (Å²) in [5.74, 6) is -0.242. The predicted octanol–water partition coefficient (Wildman–Crippen LogP) is -0.0190. The van der Waals surface area contributed by atoms with Crippen LogP contribution in [0.2, 0.25) is 0 Å². The van der Waals surface area contributed by atoms with E-state index in [4.69, 9.17) is 12.6 Å². The van der Waals surface area contributed by atoms with Gasteiger partial charge in [-0.1, -0.05) is 12.1 Å². The SMILES string of the molecule is [B]c1ccc(CC(=O)OCC)cn1. The van der Waals surface area contributed by atoms with Gasteiger partial charge in [0.2, 0.25) is 0 Å². The van der Waals surface area contributed by atoms with Crippen molar-refractivity contribution in [2.24, 2.45) is 0 Å². The summed E-state index contributed by atoms with van der Waals surface area (Å²) in [5.41, 5.74) is 1.26. The number of carbonyl (C=O) groups excluding carboxylic acids is 1. The van der Waals surface area contributed by atoms with Crippen LogP contribution in [0.4, 0.5) is 0 Å². The van der Waals surface area contributed by atoms with Gasteiger partial charge in [-0.15, -0.1) is 0 Å². The third kappa shape index (κ3) is 3.28. The van der Waals surface area contributed by atoms with E-state index in [9.17, 15) is 4.79 Å². The van der Waals surface area contributed by atoms with Crippen molar-refractivity contribution in [3.8, 4) is 0 Å². The minimum atomic E-state index is -0.242. The van der Waals surface area contributed by atoms with E-state index in [0.29, 0.717) is 12.2 Å². The first-order chi connectivity index (χ1) is 6.22. The lowest BCUT2D eigenvalue weighted by molar-refractivity contribution is -0.142. The van der Waals surface area contributed by atoms with Gasteiger partial charge in [-0.05, 0) is 18.1 Å². The zero-order valence-corrected chi connectivity index (χ0v) is 7.49. The first-order valence-corrected chi connectivity index (χ1v) is 4.08. The minimum Gasteiger partial charge on any atom is -0.466 e. The Morgan fingerprint density at radius 2 is 2.38 bits per heavy atom. The minimum absolute atomic E-state index is 0.242. The summed E-state index contributed by atoms with van der Waals surface area (Å²) in [6.45, 7) is 2.18. The molecule has 1 aromatic heterocycles. The second-order valence-corrected chi connectivity index (χ2v) is 2.57. The van der Waals surface area contributed by atoms with Crippen LogP contribution in [0.25, 0.3) is 0 Å². The molecule has 2 radical (unpaired) electrons. The highest BCUT2D eigenvalue weighted by molar-refractivity contribution is 6.30. The molecule has 0 aliphatic rings. The van der Waals surface area contributed by atoms with Crippen molar-refractivity contribution in [2.45, 2.75) is 13.3 Å². The summed E-state index contributed by atoms with van der Waals surface area (Å²) in [6, 6.07) is 3.42. The normalized spacial score (nSPS) is 9.62. The molecule has 66 valence electrons. The lowest BCUT2D eigenvalue weighted by Gasteiger charge is -2.01. The molecule has 0 aliphatic carbocycles. The molecule has 3 nitrogen and oxygen atoms in total. The molecule has 1 rings (SSSR count). The fraction of sp³-hybridized carbons (Fsp3) is 0.333. The van der Waals surface area contributed by atoms with Crippen LogP contribution in [-0.2, 0) is 16.0 Å². The van der Waals surface area contributed by atoms with Crippen LogP contribution in [0.1, 0.15) is 12.5 Å². The first kappa shape index (κ1) is 9.77. The molecule has 0 fully saturated rings. The van der Waals surface area contributed by atoms with Gasteiger partial charge in [-0.2, -0.15) is 0 Å². The van der Waals surface area contributed by atoms with Crippen molar-refractivity contribution in [3.05, 3.63) is 23.9 Å². The Morgan fingerprint density at radius 3 is 2.92 bits per heavy atom. The van der Waals surface area contributed by atoms with E-state index >= 15 is 0 Å². The van der Waals surface area contributed by atoms with E-state index in [2.05, 4.69) is 4.98 Å². The number of esters is 1. The van der Waals surface area contributed by atoms with Gasteiger partial charge < -0.3 is 4.74 Å². The largest absolute Gasteiger partial charge is 0.466 e. The molecule has 0 amide bonds. The molecule has 0 saturated carbocycles. The zero-order chi connectivity index (χ0) is 9.68. The molecule has 0 spiro atoms. The van der Waals surface area contributed by atoms with Gasteiger partial charge in [-0.25, -0.2) is 0 Å². The molecular weight excluding hydrogens is 165 g/mol. The summed E-state index contributed by atoms with van der Waals surface area (Å²) in [7, 11) is 5.39. The summed E-state index contributed by atoms with van der Waals surface area (Å²) in [4.78, 5) is 14.9. The molecule has 13 heavy (non-hydrogen) atoms. The third-order valence-electron chi connectivity index (χ3n) is 1.50. The Kier molecular flexibility index (Phi) is 3.49. The second-order valence-electron chi connectivity index (χ2n) is 2.57. The highest BCUT2D eigenvalue weighted by Gasteiger charge is 2.02. The van der Waals surface area contributed by atoms with Crippen LogP contribution >= 0.6 is 0 Å². The lowest BCUT2D eigenvalue weighted by atomic mass is 10.0. The van der Waals surface area contributed by atoms with Gasteiger partial charge in [0, 0.05) is 6.20 Å². The van der Waals surface area contributed by atoms with Crippen molar-refractivity contribution in [1.82, 2.24) is 4.98 Å². The van der Waals surface area contributed by atoms with Crippen molar-refractivity contribution in [1.29, 1.82) is 0 Å². The topological polar surface area (TPSA) is 39.2 Å². The molecule has 0 saturated heterocycles. The number of carbonyl (C=O) groups is 1. The summed E-state index contributed by atoms with van der Waals surface area (Å²) < 4.78 is 4.78. The number of aromatic nitrogens is 1. The Morgan fingerprint density at radius 1 is 1.62 bits per heavy atom. The molecule has 0 atom stereocenters. The monoisotopic (exact) mass is 175 g/mol. The van der Waals surface area contributed by atoms with Gasteiger partial charge in [0.1, 0.15) is 7.85 Å². The van der Waals surface area contributed by atoms with Crippen LogP contribution in [0.15, 0.2) is 18.3 Å². The van der Waals surface area contributed by atoms with Crippen molar-refractivity contribution in [2.75, 3.05) is 6.61 Å². The molecule has 0 aromatic carbocycles. The summed E-state index contributed by atoms with van der Waals surface area (Å²) >= 11 is 0. The van der Waals surface area contributed by atoms with Gasteiger partial charge in [0.05, 0.1) is 13.0 Å². The number of pyridine rings is 1. The van der Waals surface area contributed by atoms with E-state index in [1.807, 2.05) is 0 Å². The van der Waals surface area contributed by atoms with E-state index in [1.54, 1.807) is 25.3 Å². The quantitative estimate of drug-likeness (QED) is 0.478. The van der Waals surface area contributed by atoms with Crippen LogP contribution in [0.3, 0.4) is 0 Å². The van der Waals surface area contributed by atoms with E-state index in [-0.39, 0.29) is 12.4 Å². The lowest BCUT2D eigenvalue weighted by Crippen LogP contribution is -2.11. The maximum atomic E-state index is 11.0. The predicted molar refractivity (Wildman–Crippen MR) is 50.0 cm³/mol. The fourth-order valence-electron chi connectivity index (χ4n) is 0.919. The molecule has 4 heteroatoms. The van der Waals surface area contributed by atoms with Crippen LogP contribution in [-0.4, -0.2) is 25.4 Å². The molecule has 1 aromatic rings.